The first kappa shape index (κ1) is 15.4. The number of rotatable bonds is 6. The molecule has 0 aliphatic carbocycles. The van der Waals surface area contributed by atoms with Crippen LogP contribution < -0.4 is 5.32 Å². The molecule has 1 saturated heterocycles. The lowest BCUT2D eigenvalue weighted by Crippen LogP contribution is -2.48. The van der Waals surface area contributed by atoms with E-state index in [1.807, 2.05) is 12.1 Å². The molecule has 1 unspecified atom stereocenters. The summed E-state index contributed by atoms with van der Waals surface area (Å²) in [5.41, 5.74) is 1.22. The third-order valence-corrected chi connectivity index (χ3v) is 4.17. The molecule has 1 atom stereocenters. The molecule has 3 nitrogen and oxygen atoms in total. The van der Waals surface area contributed by atoms with E-state index in [9.17, 15) is 4.39 Å². The van der Waals surface area contributed by atoms with Gasteiger partial charge < -0.3 is 10.2 Å². The van der Waals surface area contributed by atoms with Crippen molar-refractivity contribution in [2.45, 2.75) is 19.9 Å². The van der Waals surface area contributed by atoms with Gasteiger partial charge in [-0.3, -0.25) is 4.90 Å². The summed E-state index contributed by atoms with van der Waals surface area (Å²) in [5.74, 6) is -0.157. The fraction of sp³-hybridized carbons (Fsp3) is 0.625. The molecule has 1 heterocycles. The van der Waals surface area contributed by atoms with Crippen molar-refractivity contribution in [3.8, 4) is 0 Å². The molecule has 1 fully saturated rings. The summed E-state index contributed by atoms with van der Waals surface area (Å²) in [5, 5.41) is 3.40. The molecule has 1 aliphatic rings. The van der Waals surface area contributed by atoms with Gasteiger partial charge in [-0.05, 0) is 30.8 Å². The summed E-state index contributed by atoms with van der Waals surface area (Å²) < 4.78 is 13.2. The number of benzene rings is 1. The number of hydrogen-bond donors (Lipinski definition) is 1. The first-order valence-corrected chi connectivity index (χ1v) is 7.67. The average Bonchev–Trinajstić information content (AvgIpc) is 2.51. The molecule has 1 aromatic carbocycles. The quantitative estimate of drug-likeness (QED) is 0.860. The Morgan fingerprint density at radius 1 is 1.15 bits per heavy atom. The predicted molar refractivity (Wildman–Crippen MR) is 81.4 cm³/mol. The van der Waals surface area contributed by atoms with Crippen LogP contribution in [0.4, 0.5) is 4.39 Å². The van der Waals surface area contributed by atoms with Crippen molar-refractivity contribution in [2.24, 2.45) is 0 Å². The van der Waals surface area contributed by atoms with Crippen LogP contribution in [0.15, 0.2) is 24.3 Å². The van der Waals surface area contributed by atoms with Crippen LogP contribution >= 0.6 is 0 Å². The lowest BCUT2D eigenvalue weighted by molar-refractivity contribution is 0.129. The van der Waals surface area contributed by atoms with Gasteiger partial charge in [0.05, 0.1) is 0 Å². The van der Waals surface area contributed by atoms with Gasteiger partial charge in [0.2, 0.25) is 0 Å². The van der Waals surface area contributed by atoms with Crippen LogP contribution in [0.3, 0.4) is 0 Å². The van der Waals surface area contributed by atoms with Crippen LogP contribution in [0, 0.1) is 5.82 Å². The second-order valence-electron chi connectivity index (χ2n) is 5.34. The molecule has 1 aliphatic heterocycles. The van der Waals surface area contributed by atoms with Crippen molar-refractivity contribution < 1.29 is 4.39 Å². The molecule has 20 heavy (non-hydrogen) atoms. The normalized spacial score (nSPS) is 18.4. The van der Waals surface area contributed by atoms with Gasteiger partial charge in [0, 0.05) is 38.8 Å². The van der Waals surface area contributed by atoms with E-state index in [1.54, 1.807) is 12.1 Å². The maximum absolute atomic E-state index is 13.2. The molecular formula is C16H26FN3. The van der Waals surface area contributed by atoms with Gasteiger partial charge in [0.25, 0.3) is 0 Å². The Morgan fingerprint density at radius 3 is 2.30 bits per heavy atom. The van der Waals surface area contributed by atoms with Crippen LogP contribution in [0.1, 0.15) is 25.5 Å². The van der Waals surface area contributed by atoms with Crippen LogP contribution in [0.5, 0.6) is 0 Å². The molecule has 0 bridgehead atoms. The molecule has 0 aromatic heterocycles. The number of nitrogens with zero attached hydrogens (tertiary/aromatic N) is 2. The van der Waals surface area contributed by atoms with Crippen LogP contribution in [0.2, 0.25) is 0 Å². The van der Waals surface area contributed by atoms with Crippen molar-refractivity contribution in [2.75, 3.05) is 45.8 Å². The molecule has 0 amide bonds. The van der Waals surface area contributed by atoms with E-state index in [2.05, 4.69) is 29.0 Å². The Hall–Kier alpha value is -0.970. The second kappa shape index (κ2) is 7.72. The second-order valence-corrected chi connectivity index (χ2v) is 5.34. The Morgan fingerprint density at radius 2 is 1.75 bits per heavy atom. The smallest absolute Gasteiger partial charge is 0.123 e. The Kier molecular flexibility index (Phi) is 5.95. The highest BCUT2D eigenvalue weighted by Crippen LogP contribution is 2.22. The highest BCUT2D eigenvalue weighted by Gasteiger charge is 2.23. The summed E-state index contributed by atoms with van der Waals surface area (Å²) in [6.45, 7) is 11.7. The van der Waals surface area contributed by atoms with Crippen molar-refractivity contribution in [1.82, 2.24) is 15.1 Å². The monoisotopic (exact) mass is 279 g/mol. The summed E-state index contributed by atoms with van der Waals surface area (Å²) in [7, 11) is 0. The molecular weight excluding hydrogens is 253 g/mol. The van der Waals surface area contributed by atoms with E-state index >= 15 is 0 Å². The van der Waals surface area contributed by atoms with Gasteiger partial charge in [-0.25, -0.2) is 4.39 Å². The predicted octanol–water partition coefficient (Wildman–Crippen LogP) is 2.11. The standard InChI is InChI=1S/C16H26FN3/c1-3-19(4-2)13-16(20-11-9-18-10-12-20)14-5-7-15(17)8-6-14/h5-8,16,18H,3-4,9-13H2,1-2H3. The fourth-order valence-corrected chi connectivity index (χ4v) is 2.84. The Labute approximate surface area is 121 Å². The number of piperazine rings is 1. The molecule has 1 N–H and O–H groups in total. The van der Waals surface area contributed by atoms with Crippen molar-refractivity contribution in [1.29, 1.82) is 0 Å². The lowest BCUT2D eigenvalue weighted by Gasteiger charge is -2.37. The average molecular weight is 279 g/mol. The van der Waals surface area contributed by atoms with Crippen molar-refractivity contribution in [3.63, 3.8) is 0 Å². The fourth-order valence-electron chi connectivity index (χ4n) is 2.84. The minimum atomic E-state index is -0.157. The number of nitrogens with one attached hydrogen (secondary N) is 1. The van der Waals surface area contributed by atoms with E-state index in [-0.39, 0.29) is 5.82 Å². The number of hydrogen-bond acceptors (Lipinski definition) is 3. The summed E-state index contributed by atoms with van der Waals surface area (Å²) in [6, 6.07) is 7.38. The zero-order valence-corrected chi connectivity index (χ0v) is 12.6. The van der Waals surface area contributed by atoms with Crippen LogP contribution in [-0.4, -0.2) is 55.6 Å². The molecule has 1 aromatic rings. The molecule has 0 saturated carbocycles. The van der Waals surface area contributed by atoms with Crippen molar-refractivity contribution in [3.05, 3.63) is 35.6 Å². The van der Waals surface area contributed by atoms with Gasteiger partial charge in [0.1, 0.15) is 5.82 Å². The Balaban J connectivity index is 2.15. The van der Waals surface area contributed by atoms with E-state index in [1.165, 1.54) is 5.56 Å². The zero-order valence-electron chi connectivity index (χ0n) is 12.6. The van der Waals surface area contributed by atoms with E-state index in [0.29, 0.717) is 6.04 Å². The maximum Gasteiger partial charge on any atom is 0.123 e. The minimum absolute atomic E-state index is 0.157. The third-order valence-electron chi connectivity index (χ3n) is 4.17. The third kappa shape index (κ3) is 4.01. The van der Waals surface area contributed by atoms with Gasteiger partial charge >= 0.3 is 0 Å². The SMILES string of the molecule is CCN(CC)CC(c1ccc(F)cc1)N1CCNCC1. The lowest BCUT2D eigenvalue weighted by atomic mass is 10.0. The highest BCUT2D eigenvalue weighted by atomic mass is 19.1. The summed E-state index contributed by atoms with van der Waals surface area (Å²) in [4.78, 5) is 4.96. The first-order valence-electron chi connectivity index (χ1n) is 7.67. The van der Waals surface area contributed by atoms with E-state index < -0.39 is 0 Å². The Bertz CT molecular complexity index is 383. The van der Waals surface area contributed by atoms with Gasteiger partial charge in [-0.2, -0.15) is 0 Å². The topological polar surface area (TPSA) is 18.5 Å². The van der Waals surface area contributed by atoms with Gasteiger partial charge in [-0.15, -0.1) is 0 Å². The highest BCUT2D eigenvalue weighted by molar-refractivity contribution is 5.20. The number of likely N-dealkylation sites (N-methyl/N-ethyl adjacent to an activating group) is 1. The molecule has 0 radical (unpaired) electrons. The summed E-state index contributed by atoms with van der Waals surface area (Å²) in [6.07, 6.45) is 0. The van der Waals surface area contributed by atoms with Crippen molar-refractivity contribution >= 4 is 0 Å². The molecule has 0 spiro atoms. The largest absolute Gasteiger partial charge is 0.314 e. The van der Waals surface area contributed by atoms with Crippen LogP contribution in [-0.2, 0) is 0 Å². The molecule has 112 valence electrons. The molecule has 4 heteroatoms. The van der Waals surface area contributed by atoms with E-state index in [4.69, 9.17) is 0 Å². The van der Waals surface area contributed by atoms with Gasteiger partial charge in [0.15, 0.2) is 0 Å². The van der Waals surface area contributed by atoms with Crippen LogP contribution in [0.25, 0.3) is 0 Å². The number of halogens is 1. The van der Waals surface area contributed by atoms with E-state index in [0.717, 1.165) is 45.8 Å². The maximum atomic E-state index is 13.2. The zero-order chi connectivity index (χ0) is 14.4. The molecule has 2 rings (SSSR count). The van der Waals surface area contributed by atoms with Gasteiger partial charge in [-0.1, -0.05) is 26.0 Å². The summed E-state index contributed by atoms with van der Waals surface area (Å²) >= 11 is 0. The first-order chi connectivity index (χ1) is 9.74. The minimum Gasteiger partial charge on any atom is -0.314 e.